The molecule has 1 amide bonds. The number of aliphatic hydroxyl groups excluding tert-OH is 1. The Kier molecular flexibility index (Phi) is 3.29. The van der Waals surface area contributed by atoms with Crippen molar-refractivity contribution in [2.45, 2.75) is 32.4 Å². The van der Waals surface area contributed by atoms with E-state index in [-0.39, 0.29) is 12.0 Å². The fraction of sp³-hybridized carbons (Fsp3) is 0.583. The Hall–Kier alpha value is -1.29. The van der Waals surface area contributed by atoms with Crippen LogP contribution in [0, 0.1) is 5.92 Å². The van der Waals surface area contributed by atoms with E-state index in [1.165, 1.54) is 0 Å². The van der Waals surface area contributed by atoms with E-state index in [1.807, 2.05) is 29.8 Å². The first-order valence-corrected chi connectivity index (χ1v) is 5.82. The molecule has 0 spiro atoms. The first-order valence-electron chi connectivity index (χ1n) is 5.82. The molecule has 0 saturated heterocycles. The second-order valence-corrected chi connectivity index (χ2v) is 4.38. The average Bonchev–Trinajstić information content (AvgIpc) is 2.70. The lowest BCUT2D eigenvalue weighted by Gasteiger charge is -2.31. The molecule has 0 radical (unpaired) electrons. The van der Waals surface area contributed by atoms with Gasteiger partial charge in [0.2, 0.25) is 0 Å². The molecule has 0 atom stereocenters. The molecule has 1 fully saturated rings. The Morgan fingerprint density at radius 2 is 2.38 bits per heavy atom. The molecule has 88 valence electrons. The van der Waals surface area contributed by atoms with E-state index in [1.54, 1.807) is 0 Å². The number of aromatic nitrogens is 1. The third-order valence-electron chi connectivity index (χ3n) is 3.16. The van der Waals surface area contributed by atoms with E-state index in [0.717, 1.165) is 19.4 Å². The molecule has 16 heavy (non-hydrogen) atoms. The topological polar surface area (TPSA) is 54.3 Å². The fourth-order valence-electron chi connectivity index (χ4n) is 2.09. The zero-order valence-corrected chi connectivity index (χ0v) is 9.52. The van der Waals surface area contributed by atoms with Crippen molar-refractivity contribution in [2.24, 2.45) is 5.92 Å². The molecule has 2 rings (SSSR count). The van der Waals surface area contributed by atoms with Gasteiger partial charge in [0.25, 0.3) is 5.91 Å². The van der Waals surface area contributed by atoms with Crippen LogP contribution in [0.15, 0.2) is 18.3 Å². The maximum atomic E-state index is 11.8. The maximum absolute atomic E-state index is 11.8. The summed E-state index contributed by atoms with van der Waals surface area (Å²) in [7, 11) is 0. The highest BCUT2D eigenvalue weighted by atomic mass is 16.3. The van der Waals surface area contributed by atoms with Gasteiger partial charge in [0.15, 0.2) is 0 Å². The van der Waals surface area contributed by atoms with Crippen LogP contribution >= 0.6 is 0 Å². The molecule has 2 N–H and O–H groups in total. The van der Waals surface area contributed by atoms with Gasteiger partial charge in [-0.2, -0.15) is 0 Å². The minimum Gasteiger partial charge on any atom is -0.393 e. The first kappa shape index (κ1) is 11.2. The third kappa shape index (κ3) is 2.27. The Labute approximate surface area is 95.3 Å². The number of rotatable bonds is 4. The second-order valence-electron chi connectivity index (χ2n) is 4.38. The zero-order valence-electron chi connectivity index (χ0n) is 9.52. The lowest BCUT2D eigenvalue weighted by molar-refractivity contribution is 0.0419. The number of carbonyl (C=O) groups is 1. The smallest absolute Gasteiger partial charge is 0.267 e. The number of hydrogen-bond donors (Lipinski definition) is 2. The van der Waals surface area contributed by atoms with E-state index in [2.05, 4.69) is 5.32 Å². The summed E-state index contributed by atoms with van der Waals surface area (Å²) in [4.78, 5) is 11.8. The standard InChI is InChI=1S/C12H18N2O2/c1-2-14-5-3-4-11(14)12(16)13-8-9-6-10(15)7-9/h3-5,9-10,15H,2,6-8H2,1H3,(H,13,16). The molecule has 0 aromatic carbocycles. The highest BCUT2D eigenvalue weighted by Gasteiger charge is 2.27. The van der Waals surface area contributed by atoms with Crippen LogP contribution in [0.2, 0.25) is 0 Å². The predicted molar refractivity (Wildman–Crippen MR) is 61.2 cm³/mol. The van der Waals surface area contributed by atoms with Gasteiger partial charge in [-0.3, -0.25) is 4.79 Å². The quantitative estimate of drug-likeness (QED) is 0.798. The van der Waals surface area contributed by atoms with Gasteiger partial charge in [-0.25, -0.2) is 0 Å². The van der Waals surface area contributed by atoms with Crippen molar-refractivity contribution in [2.75, 3.05) is 6.54 Å². The molecule has 1 aromatic heterocycles. The molecule has 4 heteroatoms. The summed E-state index contributed by atoms with van der Waals surface area (Å²) >= 11 is 0. The van der Waals surface area contributed by atoms with Crippen molar-refractivity contribution in [3.63, 3.8) is 0 Å². The highest BCUT2D eigenvalue weighted by Crippen LogP contribution is 2.26. The Morgan fingerprint density at radius 1 is 1.62 bits per heavy atom. The van der Waals surface area contributed by atoms with Crippen LogP contribution in [0.4, 0.5) is 0 Å². The molecule has 1 aliphatic rings. The van der Waals surface area contributed by atoms with Crippen molar-refractivity contribution >= 4 is 5.91 Å². The minimum atomic E-state index is -0.151. The Morgan fingerprint density at radius 3 is 3.00 bits per heavy atom. The van der Waals surface area contributed by atoms with E-state index in [0.29, 0.717) is 18.2 Å². The Balaban J connectivity index is 1.84. The summed E-state index contributed by atoms with van der Waals surface area (Å²) in [5.41, 5.74) is 0.711. The summed E-state index contributed by atoms with van der Waals surface area (Å²) in [5.74, 6) is 0.428. The van der Waals surface area contributed by atoms with E-state index in [4.69, 9.17) is 5.11 Å². The number of nitrogens with zero attached hydrogens (tertiary/aromatic N) is 1. The van der Waals surface area contributed by atoms with Gasteiger partial charge in [0, 0.05) is 19.3 Å². The van der Waals surface area contributed by atoms with Crippen LogP contribution in [0.25, 0.3) is 0 Å². The average molecular weight is 222 g/mol. The number of nitrogens with one attached hydrogen (secondary N) is 1. The number of aliphatic hydroxyl groups is 1. The summed E-state index contributed by atoms with van der Waals surface area (Å²) in [5, 5.41) is 12.0. The molecule has 1 saturated carbocycles. The molecule has 4 nitrogen and oxygen atoms in total. The summed E-state index contributed by atoms with van der Waals surface area (Å²) in [6, 6.07) is 3.71. The SMILES string of the molecule is CCn1cccc1C(=O)NCC1CC(O)C1. The van der Waals surface area contributed by atoms with Gasteiger partial charge in [-0.15, -0.1) is 0 Å². The zero-order chi connectivity index (χ0) is 11.5. The van der Waals surface area contributed by atoms with Gasteiger partial charge < -0.3 is 15.0 Å². The molecule has 0 aliphatic heterocycles. The molecule has 1 aromatic rings. The molecule has 0 unspecified atom stereocenters. The van der Waals surface area contributed by atoms with Gasteiger partial charge in [-0.1, -0.05) is 0 Å². The molecular formula is C12H18N2O2. The molecular weight excluding hydrogens is 204 g/mol. The summed E-state index contributed by atoms with van der Waals surface area (Å²) < 4.78 is 1.92. The van der Waals surface area contributed by atoms with Crippen molar-refractivity contribution in [1.82, 2.24) is 9.88 Å². The van der Waals surface area contributed by atoms with Crippen LogP contribution in [-0.2, 0) is 6.54 Å². The van der Waals surface area contributed by atoms with Crippen LogP contribution in [0.1, 0.15) is 30.3 Å². The summed E-state index contributed by atoms with van der Waals surface area (Å²) in [6.07, 6.45) is 3.38. The Bertz CT molecular complexity index is 367. The lowest BCUT2D eigenvalue weighted by atomic mass is 9.82. The van der Waals surface area contributed by atoms with Crippen molar-refractivity contribution in [3.05, 3.63) is 24.0 Å². The first-order chi connectivity index (χ1) is 7.70. The second kappa shape index (κ2) is 4.70. The van der Waals surface area contributed by atoms with Gasteiger partial charge >= 0.3 is 0 Å². The van der Waals surface area contributed by atoms with E-state index in [9.17, 15) is 4.79 Å². The van der Waals surface area contributed by atoms with Crippen LogP contribution in [0.5, 0.6) is 0 Å². The van der Waals surface area contributed by atoms with Crippen LogP contribution in [0.3, 0.4) is 0 Å². The third-order valence-corrected chi connectivity index (χ3v) is 3.16. The predicted octanol–water partition coefficient (Wildman–Crippen LogP) is 1.01. The monoisotopic (exact) mass is 222 g/mol. The van der Waals surface area contributed by atoms with E-state index < -0.39 is 0 Å². The van der Waals surface area contributed by atoms with Crippen LogP contribution < -0.4 is 5.32 Å². The van der Waals surface area contributed by atoms with Gasteiger partial charge in [-0.05, 0) is 37.8 Å². The van der Waals surface area contributed by atoms with E-state index >= 15 is 0 Å². The normalized spacial score (nSPS) is 23.9. The van der Waals surface area contributed by atoms with Gasteiger partial charge in [0.05, 0.1) is 6.10 Å². The number of amides is 1. The van der Waals surface area contributed by atoms with Crippen molar-refractivity contribution in [3.8, 4) is 0 Å². The molecule has 1 aliphatic carbocycles. The highest BCUT2D eigenvalue weighted by molar-refractivity contribution is 5.92. The largest absolute Gasteiger partial charge is 0.393 e. The minimum absolute atomic E-state index is 0.0201. The van der Waals surface area contributed by atoms with Crippen molar-refractivity contribution in [1.29, 1.82) is 0 Å². The number of aryl methyl sites for hydroxylation is 1. The molecule has 1 heterocycles. The van der Waals surface area contributed by atoms with Crippen molar-refractivity contribution < 1.29 is 9.90 Å². The van der Waals surface area contributed by atoms with Gasteiger partial charge in [0.1, 0.15) is 5.69 Å². The number of hydrogen-bond acceptors (Lipinski definition) is 2. The van der Waals surface area contributed by atoms with Crippen LogP contribution in [-0.4, -0.2) is 28.2 Å². The molecule has 0 bridgehead atoms. The lowest BCUT2D eigenvalue weighted by Crippen LogP contribution is -2.38. The number of carbonyl (C=O) groups excluding carboxylic acids is 1. The summed E-state index contributed by atoms with van der Waals surface area (Å²) in [6.45, 7) is 3.49. The maximum Gasteiger partial charge on any atom is 0.267 e. The fourth-order valence-corrected chi connectivity index (χ4v) is 2.09.